The smallest absolute Gasteiger partial charge is 0.165 e. The van der Waals surface area contributed by atoms with Crippen molar-refractivity contribution >= 4 is 12.5 Å². The van der Waals surface area contributed by atoms with E-state index in [2.05, 4.69) is 0 Å². The second-order valence-electron chi connectivity index (χ2n) is 0.951. The summed E-state index contributed by atoms with van der Waals surface area (Å²) < 4.78 is 0. The lowest BCUT2D eigenvalue weighted by Gasteiger charge is -1.76. The van der Waals surface area contributed by atoms with Crippen molar-refractivity contribution in [3.05, 3.63) is 11.8 Å². The highest BCUT2D eigenvalue weighted by Gasteiger charge is 1.75. The average Bonchev–Trinajstić information content (AvgIpc) is 1.68. The first-order valence-corrected chi connectivity index (χ1v) is 1.72. The molecule has 0 rings (SSSR count). The Kier molecular flexibility index (Phi) is 2.59. The molecule has 0 aromatic carbocycles. The molecule has 0 aliphatic rings. The fourth-order valence-corrected chi connectivity index (χ4v) is 0.136. The van der Waals surface area contributed by atoms with Crippen LogP contribution in [0.3, 0.4) is 0 Å². The Morgan fingerprint density at radius 3 is 2.43 bits per heavy atom. The molecule has 0 aromatic rings. The summed E-state index contributed by atoms with van der Waals surface area (Å²) in [5.41, 5.74) is 5.00. The first kappa shape index (κ1) is 5.88. The van der Waals surface area contributed by atoms with Gasteiger partial charge in [0, 0.05) is 6.21 Å². The zero-order chi connectivity index (χ0) is 5.70. The Hall–Kier alpha value is -1.12. The third-order valence-electron chi connectivity index (χ3n) is 0.412. The standard InChI is InChI=1S/C4H6N2O/c5-2-1-4(6)3-7/h1-3,5H,6H2. The highest BCUT2D eigenvalue weighted by molar-refractivity contribution is 5.81. The molecule has 0 fully saturated rings. The Morgan fingerprint density at radius 2 is 2.29 bits per heavy atom. The molecule has 3 nitrogen and oxygen atoms in total. The molecule has 0 aromatic heterocycles. The van der Waals surface area contributed by atoms with Crippen LogP contribution in [0.2, 0.25) is 0 Å². The van der Waals surface area contributed by atoms with E-state index in [1.807, 2.05) is 0 Å². The Balaban J connectivity index is 3.72. The molecule has 7 heavy (non-hydrogen) atoms. The van der Waals surface area contributed by atoms with Gasteiger partial charge in [-0.2, -0.15) is 0 Å². The van der Waals surface area contributed by atoms with Crippen LogP contribution in [0.25, 0.3) is 0 Å². The van der Waals surface area contributed by atoms with E-state index in [0.717, 1.165) is 6.21 Å². The van der Waals surface area contributed by atoms with Crippen molar-refractivity contribution in [1.82, 2.24) is 0 Å². The van der Waals surface area contributed by atoms with Crippen LogP contribution >= 0.6 is 0 Å². The molecule has 0 spiro atoms. The Labute approximate surface area is 41.3 Å². The van der Waals surface area contributed by atoms with Crippen molar-refractivity contribution in [1.29, 1.82) is 5.41 Å². The van der Waals surface area contributed by atoms with Gasteiger partial charge in [-0.25, -0.2) is 0 Å². The number of hydrogen-bond acceptors (Lipinski definition) is 3. The monoisotopic (exact) mass is 98.0 g/mol. The van der Waals surface area contributed by atoms with E-state index >= 15 is 0 Å². The van der Waals surface area contributed by atoms with Gasteiger partial charge in [-0.3, -0.25) is 4.79 Å². The third-order valence-corrected chi connectivity index (χ3v) is 0.412. The van der Waals surface area contributed by atoms with E-state index in [1.165, 1.54) is 6.08 Å². The van der Waals surface area contributed by atoms with Gasteiger partial charge >= 0.3 is 0 Å². The molecule has 0 saturated heterocycles. The molecule has 3 heteroatoms. The summed E-state index contributed by atoms with van der Waals surface area (Å²) in [4.78, 5) is 9.60. The average molecular weight is 98.1 g/mol. The summed E-state index contributed by atoms with van der Waals surface area (Å²) in [6, 6.07) is 0. The first-order valence-electron chi connectivity index (χ1n) is 1.72. The van der Waals surface area contributed by atoms with Crippen molar-refractivity contribution in [2.24, 2.45) is 5.73 Å². The number of aldehydes is 1. The number of carbonyl (C=O) groups excluding carboxylic acids is 1. The molecule has 0 atom stereocenters. The Morgan fingerprint density at radius 1 is 1.71 bits per heavy atom. The number of nitrogens with one attached hydrogen (secondary N) is 1. The fourth-order valence-electron chi connectivity index (χ4n) is 0.136. The topological polar surface area (TPSA) is 66.9 Å². The van der Waals surface area contributed by atoms with E-state index in [9.17, 15) is 4.79 Å². The van der Waals surface area contributed by atoms with Gasteiger partial charge in [-0.05, 0) is 6.08 Å². The van der Waals surface area contributed by atoms with Gasteiger partial charge < -0.3 is 11.1 Å². The molecule has 0 unspecified atom stereocenters. The lowest BCUT2D eigenvalue weighted by Crippen LogP contribution is -1.96. The second-order valence-corrected chi connectivity index (χ2v) is 0.951. The molecule has 0 radical (unpaired) electrons. The quantitative estimate of drug-likeness (QED) is 0.282. The highest BCUT2D eigenvalue weighted by atomic mass is 16.1. The van der Waals surface area contributed by atoms with E-state index in [4.69, 9.17) is 11.1 Å². The zero-order valence-corrected chi connectivity index (χ0v) is 3.72. The molecule has 0 bridgehead atoms. The van der Waals surface area contributed by atoms with Crippen molar-refractivity contribution in [2.75, 3.05) is 0 Å². The number of nitrogens with two attached hydrogens (primary N) is 1. The van der Waals surface area contributed by atoms with Gasteiger partial charge in [-0.1, -0.05) is 0 Å². The molecule has 0 saturated carbocycles. The predicted octanol–water partition coefficient (Wildman–Crippen LogP) is -0.323. The maximum Gasteiger partial charge on any atom is 0.165 e. The number of allylic oxidation sites excluding steroid dienone is 2. The summed E-state index contributed by atoms with van der Waals surface area (Å²) in [5.74, 6) is 0. The van der Waals surface area contributed by atoms with Crippen molar-refractivity contribution in [3.8, 4) is 0 Å². The second kappa shape index (κ2) is 3.08. The first-order chi connectivity index (χ1) is 3.31. The van der Waals surface area contributed by atoms with Crippen LogP contribution in [0, 0.1) is 5.41 Å². The minimum Gasteiger partial charge on any atom is -0.396 e. The van der Waals surface area contributed by atoms with Crippen molar-refractivity contribution in [2.45, 2.75) is 0 Å². The van der Waals surface area contributed by atoms with Gasteiger partial charge in [0.25, 0.3) is 0 Å². The lowest BCUT2D eigenvalue weighted by molar-refractivity contribution is -0.104. The largest absolute Gasteiger partial charge is 0.396 e. The summed E-state index contributed by atoms with van der Waals surface area (Å²) in [6.45, 7) is 0. The van der Waals surface area contributed by atoms with Crippen molar-refractivity contribution in [3.63, 3.8) is 0 Å². The predicted molar refractivity (Wildman–Crippen MR) is 27.1 cm³/mol. The number of hydrogen-bond donors (Lipinski definition) is 2. The maximum absolute atomic E-state index is 9.60. The molecular formula is C4H6N2O. The molecule has 0 aliphatic heterocycles. The van der Waals surface area contributed by atoms with Crippen LogP contribution in [-0.4, -0.2) is 12.5 Å². The maximum atomic E-state index is 9.60. The zero-order valence-electron chi connectivity index (χ0n) is 3.72. The molecule has 0 aliphatic carbocycles. The third kappa shape index (κ3) is 2.69. The van der Waals surface area contributed by atoms with Crippen molar-refractivity contribution < 1.29 is 4.79 Å². The molecule has 3 N–H and O–H groups in total. The molecule has 38 valence electrons. The van der Waals surface area contributed by atoms with Crippen LogP contribution in [0.1, 0.15) is 0 Å². The summed E-state index contributed by atoms with van der Waals surface area (Å²) in [6.07, 6.45) is 2.67. The van der Waals surface area contributed by atoms with E-state index in [0.29, 0.717) is 6.29 Å². The normalized spacial score (nSPS) is 10.6. The van der Waals surface area contributed by atoms with E-state index in [1.54, 1.807) is 0 Å². The van der Waals surface area contributed by atoms with Crippen LogP contribution in [0.15, 0.2) is 11.8 Å². The van der Waals surface area contributed by atoms with Gasteiger partial charge in [0.05, 0.1) is 5.70 Å². The van der Waals surface area contributed by atoms with Gasteiger partial charge in [0.15, 0.2) is 6.29 Å². The molecule has 0 heterocycles. The van der Waals surface area contributed by atoms with Crippen LogP contribution in [-0.2, 0) is 4.79 Å². The molecular weight excluding hydrogens is 92.1 g/mol. The highest BCUT2D eigenvalue weighted by Crippen LogP contribution is 1.68. The molecule has 0 amide bonds. The van der Waals surface area contributed by atoms with E-state index in [-0.39, 0.29) is 5.70 Å². The summed E-state index contributed by atoms with van der Waals surface area (Å²) in [5, 5.41) is 6.40. The number of rotatable bonds is 2. The SMILES string of the molecule is N=CC=C(N)C=O. The van der Waals surface area contributed by atoms with Crippen LogP contribution in [0.4, 0.5) is 0 Å². The summed E-state index contributed by atoms with van der Waals surface area (Å²) >= 11 is 0. The number of carbonyl (C=O) groups is 1. The minimum absolute atomic E-state index is 0.0787. The van der Waals surface area contributed by atoms with Gasteiger partial charge in [0.2, 0.25) is 0 Å². The van der Waals surface area contributed by atoms with Gasteiger partial charge in [-0.15, -0.1) is 0 Å². The van der Waals surface area contributed by atoms with Crippen LogP contribution < -0.4 is 5.73 Å². The van der Waals surface area contributed by atoms with Crippen LogP contribution in [0.5, 0.6) is 0 Å². The minimum atomic E-state index is 0.0787. The fraction of sp³-hybridized carbons (Fsp3) is 0. The van der Waals surface area contributed by atoms with Gasteiger partial charge in [0.1, 0.15) is 0 Å². The lowest BCUT2D eigenvalue weighted by atomic mass is 10.5. The van der Waals surface area contributed by atoms with E-state index < -0.39 is 0 Å². The Bertz CT molecular complexity index is 106. The summed E-state index contributed by atoms with van der Waals surface area (Å²) in [7, 11) is 0.